The highest BCUT2D eigenvalue weighted by atomic mass is 19.1. The van der Waals surface area contributed by atoms with Crippen LogP contribution in [0, 0.1) is 11.7 Å². The second-order valence-electron chi connectivity index (χ2n) is 9.43. The van der Waals surface area contributed by atoms with Gasteiger partial charge in [0.15, 0.2) is 5.69 Å². The van der Waals surface area contributed by atoms with Gasteiger partial charge < -0.3 is 10.2 Å². The van der Waals surface area contributed by atoms with Crippen molar-refractivity contribution in [3.05, 3.63) is 47.0 Å². The molecule has 1 aromatic carbocycles. The van der Waals surface area contributed by atoms with Crippen LogP contribution >= 0.6 is 0 Å². The number of nitrogens with one attached hydrogen (secondary N) is 1. The summed E-state index contributed by atoms with van der Waals surface area (Å²) in [7, 11) is 0. The summed E-state index contributed by atoms with van der Waals surface area (Å²) in [6, 6.07) is 6.40. The van der Waals surface area contributed by atoms with Crippen LogP contribution in [0.15, 0.2) is 24.3 Å². The van der Waals surface area contributed by atoms with Crippen LogP contribution in [0.4, 0.5) is 4.39 Å². The van der Waals surface area contributed by atoms with Gasteiger partial charge in [0.25, 0.3) is 5.91 Å². The van der Waals surface area contributed by atoms with Gasteiger partial charge in [0.1, 0.15) is 5.82 Å². The van der Waals surface area contributed by atoms with Crippen molar-refractivity contribution in [2.45, 2.75) is 70.3 Å². The Morgan fingerprint density at radius 2 is 1.66 bits per heavy atom. The van der Waals surface area contributed by atoms with E-state index in [0.29, 0.717) is 18.8 Å². The van der Waals surface area contributed by atoms with Crippen molar-refractivity contribution in [3.63, 3.8) is 0 Å². The molecule has 1 saturated carbocycles. The normalized spacial score (nSPS) is 19.7. The highest BCUT2D eigenvalue weighted by molar-refractivity contribution is 5.94. The third kappa shape index (κ3) is 4.17. The van der Waals surface area contributed by atoms with Gasteiger partial charge in [-0.1, -0.05) is 19.3 Å². The maximum absolute atomic E-state index is 13.4. The smallest absolute Gasteiger partial charge is 0.274 e. The average Bonchev–Trinajstić information content (AvgIpc) is 3.43. The SMILES string of the molecule is O=C(NC1CCN(C(=O)c2nn(-c3ccc(F)cc3)c3c2CCC3)CC1)C1CCCCC1. The molecule has 32 heavy (non-hydrogen) atoms. The average molecular weight is 439 g/mol. The largest absolute Gasteiger partial charge is 0.353 e. The lowest BCUT2D eigenvalue weighted by atomic mass is 9.88. The van der Waals surface area contributed by atoms with E-state index in [1.54, 1.807) is 12.1 Å². The third-order valence-electron chi connectivity index (χ3n) is 7.31. The second-order valence-corrected chi connectivity index (χ2v) is 9.43. The molecule has 7 heteroatoms. The molecule has 2 fully saturated rings. The molecule has 0 bridgehead atoms. The van der Waals surface area contributed by atoms with Crippen LogP contribution in [0.2, 0.25) is 0 Å². The van der Waals surface area contributed by atoms with E-state index in [1.165, 1.54) is 18.6 Å². The Morgan fingerprint density at radius 3 is 2.38 bits per heavy atom. The van der Waals surface area contributed by atoms with Gasteiger partial charge in [0.2, 0.25) is 5.91 Å². The van der Waals surface area contributed by atoms with Gasteiger partial charge in [-0.25, -0.2) is 9.07 Å². The summed E-state index contributed by atoms with van der Waals surface area (Å²) in [5, 5.41) is 7.90. The minimum absolute atomic E-state index is 0.0268. The Morgan fingerprint density at radius 1 is 0.938 bits per heavy atom. The van der Waals surface area contributed by atoms with E-state index >= 15 is 0 Å². The Bertz CT molecular complexity index is 986. The molecule has 170 valence electrons. The molecule has 0 unspecified atom stereocenters. The van der Waals surface area contributed by atoms with Crippen molar-refractivity contribution in [2.24, 2.45) is 5.92 Å². The minimum Gasteiger partial charge on any atom is -0.353 e. The Balaban J connectivity index is 1.24. The molecule has 2 aliphatic carbocycles. The van der Waals surface area contributed by atoms with Crippen molar-refractivity contribution in [1.82, 2.24) is 20.0 Å². The molecule has 1 N–H and O–H groups in total. The van der Waals surface area contributed by atoms with Crippen molar-refractivity contribution >= 4 is 11.8 Å². The molecule has 1 aliphatic heterocycles. The zero-order valence-corrected chi connectivity index (χ0v) is 18.5. The van der Waals surface area contributed by atoms with Gasteiger partial charge in [-0.2, -0.15) is 5.10 Å². The van der Waals surface area contributed by atoms with Crippen molar-refractivity contribution in [3.8, 4) is 5.69 Å². The number of piperidine rings is 1. The first-order valence-corrected chi connectivity index (χ1v) is 12.1. The van der Waals surface area contributed by atoms with E-state index in [-0.39, 0.29) is 29.6 Å². The number of amides is 2. The highest BCUT2D eigenvalue weighted by Crippen LogP contribution is 2.29. The lowest BCUT2D eigenvalue weighted by Gasteiger charge is -2.33. The van der Waals surface area contributed by atoms with Crippen LogP contribution < -0.4 is 5.32 Å². The van der Waals surface area contributed by atoms with E-state index < -0.39 is 0 Å². The van der Waals surface area contributed by atoms with E-state index in [4.69, 9.17) is 0 Å². The van der Waals surface area contributed by atoms with Crippen molar-refractivity contribution in [1.29, 1.82) is 0 Å². The lowest BCUT2D eigenvalue weighted by molar-refractivity contribution is -0.126. The van der Waals surface area contributed by atoms with Crippen LogP contribution in [-0.2, 0) is 17.6 Å². The fraction of sp³-hybridized carbons (Fsp3) is 0.560. The summed E-state index contributed by atoms with van der Waals surface area (Å²) < 4.78 is 15.2. The molecule has 5 rings (SSSR count). The molecule has 3 aliphatic rings. The van der Waals surface area contributed by atoms with E-state index in [0.717, 1.165) is 74.7 Å². The lowest BCUT2D eigenvalue weighted by Crippen LogP contribution is -2.48. The van der Waals surface area contributed by atoms with Crippen molar-refractivity contribution in [2.75, 3.05) is 13.1 Å². The number of fused-ring (bicyclic) bond motifs is 1. The first kappa shape index (κ1) is 21.2. The number of hydrogen-bond donors (Lipinski definition) is 1. The predicted molar refractivity (Wildman–Crippen MR) is 119 cm³/mol. The number of likely N-dealkylation sites (tertiary alicyclic amines) is 1. The van der Waals surface area contributed by atoms with E-state index in [9.17, 15) is 14.0 Å². The quantitative estimate of drug-likeness (QED) is 0.790. The number of nitrogens with zero attached hydrogens (tertiary/aromatic N) is 3. The molecular weight excluding hydrogens is 407 g/mol. The second kappa shape index (κ2) is 9.04. The molecule has 0 spiro atoms. The molecular formula is C25H31FN4O2. The fourth-order valence-electron chi connectivity index (χ4n) is 5.47. The highest BCUT2D eigenvalue weighted by Gasteiger charge is 2.32. The summed E-state index contributed by atoms with van der Waals surface area (Å²) in [6.07, 6.45) is 9.86. The van der Waals surface area contributed by atoms with Crippen LogP contribution in [0.25, 0.3) is 5.69 Å². The monoisotopic (exact) mass is 438 g/mol. The van der Waals surface area contributed by atoms with Gasteiger partial charge in [-0.15, -0.1) is 0 Å². The molecule has 0 atom stereocenters. The van der Waals surface area contributed by atoms with Gasteiger partial charge in [0, 0.05) is 36.3 Å². The Hall–Kier alpha value is -2.70. The van der Waals surface area contributed by atoms with E-state index in [1.807, 2.05) is 9.58 Å². The molecule has 0 radical (unpaired) electrons. The number of carbonyl (C=O) groups excluding carboxylic acids is 2. The number of halogens is 1. The molecule has 2 amide bonds. The summed E-state index contributed by atoms with van der Waals surface area (Å²) in [4.78, 5) is 27.8. The predicted octanol–water partition coefficient (Wildman–Crippen LogP) is 3.80. The van der Waals surface area contributed by atoms with Gasteiger partial charge in [-0.05, 0) is 69.2 Å². The molecule has 2 heterocycles. The standard InChI is InChI=1S/C25H31FN4O2/c26-18-9-11-20(12-10-18)30-22-8-4-7-21(22)23(28-30)25(32)29-15-13-19(14-16-29)27-24(31)17-5-2-1-3-6-17/h9-12,17,19H,1-8,13-16H2,(H,27,31). The maximum Gasteiger partial charge on any atom is 0.274 e. The van der Waals surface area contributed by atoms with Gasteiger partial charge in [-0.3, -0.25) is 9.59 Å². The number of hydrogen-bond acceptors (Lipinski definition) is 3. The van der Waals surface area contributed by atoms with Crippen LogP contribution in [0.3, 0.4) is 0 Å². The van der Waals surface area contributed by atoms with Crippen molar-refractivity contribution < 1.29 is 14.0 Å². The van der Waals surface area contributed by atoms with Crippen LogP contribution in [-0.4, -0.2) is 45.6 Å². The third-order valence-corrected chi connectivity index (χ3v) is 7.31. The fourth-order valence-corrected chi connectivity index (χ4v) is 5.47. The summed E-state index contributed by atoms with van der Waals surface area (Å²) in [6.45, 7) is 1.26. The molecule has 6 nitrogen and oxygen atoms in total. The molecule has 2 aromatic rings. The number of benzene rings is 1. The number of carbonyl (C=O) groups is 2. The van der Waals surface area contributed by atoms with Crippen LogP contribution in [0.1, 0.15) is 73.1 Å². The number of rotatable bonds is 4. The van der Waals surface area contributed by atoms with E-state index in [2.05, 4.69) is 10.4 Å². The Kier molecular flexibility index (Phi) is 5.98. The van der Waals surface area contributed by atoms with Gasteiger partial charge in [0.05, 0.1) is 5.69 Å². The first-order chi connectivity index (χ1) is 15.6. The Labute approximate surface area is 188 Å². The zero-order chi connectivity index (χ0) is 22.1. The number of aromatic nitrogens is 2. The van der Waals surface area contributed by atoms with Crippen LogP contribution in [0.5, 0.6) is 0 Å². The summed E-state index contributed by atoms with van der Waals surface area (Å²) in [5.74, 6) is 0.0557. The molecule has 1 saturated heterocycles. The summed E-state index contributed by atoms with van der Waals surface area (Å²) in [5.41, 5.74) is 3.42. The first-order valence-electron chi connectivity index (χ1n) is 12.1. The topological polar surface area (TPSA) is 67.2 Å². The summed E-state index contributed by atoms with van der Waals surface area (Å²) >= 11 is 0. The van der Waals surface area contributed by atoms with Gasteiger partial charge >= 0.3 is 0 Å². The zero-order valence-electron chi connectivity index (χ0n) is 18.5. The molecule has 1 aromatic heterocycles. The maximum atomic E-state index is 13.4. The minimum atomic E-state index is -0.285.